The Hall–Kier alpha value is -0.610. The average molecular weight is 159 g/mol. The van der Waals surface area contributed by atoms with Crippen LogP contribution in [0.3, 0.4) is 0 Å². The summed E-state index contributed by atoms with van der Waals surface area (Å²) in [6, 6.07) is 0.156. The summed E-state index contributed by atoms with van der Waals surface area (Å²) in [5.74, 6) is 0. The van der Waals surface area contributed by atoms with E-state index in [-0.39, 0.29) is 6.04 Å². The van der Waals surface area contributed by atoms with Gasteiger partial charge in [-0.1, -0.05) is 12.1 Å². The first-order chi connectivity index (χ1) is 5.26. The summed E-state index contributed by atoms with van der Waals surface area (Å²) in [7, 11) is 0. The monoisotopic (exact) mass is 159 g/mol. The van der Waals surface area contributed by atoms with Crippen LogP contribution in [0.15, 0.2) is 5.16 Å². The van der Waals surface area contributed by atoms with Gasteiger partial charge in [0.25, 0.3) is 0 Å². The highest BCUT2D eigenvalue weighted by molar-refractivity contribution is 5.86. The molecule has 0 heterocycles. The van der Waals surface area contributed by atoms with E-state index in [0.717, 1.165) is 13.0 Å². The van der Waals surface area contributed by atoms with E-state index < -0.39 is 0 Å². The number of nitrogens with two attached hydrogens (primary N) is 1. The normalized spacial score (nSPS) is 15.0. The molecule has 11 heavy (non-hydrogen) atoms. The van der Waals surface area contributed by atoms with Gasteiger partial charge in [0.1, 0.15) is 0 Å². The minimum absolute atomic E-state index is 0.156. The molecule has 0 spiro atoms. The Morgan fingerprint density at radius 3 is 2.73 bits per heavy atom. The standard InChI is InChI=1S/C7H17N3O/c1-3-7(6(2)10-11)9-5-4-8/h7,9,11H,3-5,8H2,1-2H3/b10-6+/t7-/m1/s1. The molecule has 0 saturated carbocycles. The quantitative estimate of drug-likeness (QED) is 0.304. The molecule has 0 aliphatic carbocycles. The van der Waals surface area contributed by atoms with Crippen molar-refractivity contribution in [2.45, 2.75) is 26.3 Å². The van der Waals surface area contributed by atoms with Crippen molar-refractivity contribution in [1.82, 2.24) is 5.32 Å². The minimum Gasteiger partial charge on any atom is -0.411 e. The van der Waals surface area contributed by atoms with Gasteiger partial charge in [-0.05, 0) is 13.3 Å². The third-order valence-electron chi connectivity index (χ3n) is 1.61. The fourth-order valence-corrected chi connectivity index (χ4v) is 0.915. The lowest BCUT2D eigenvalue weighted by molar-refractivity contribution is 0.315. The maximum absolute atomic E-state index is 8.45. The smallest absolute Gasteiger partial charge is 0.0708 e. The molecule has 0 aromatic carbocycles. The van der Waals surface area contributed by atoms with E-state index >= 15 is 0 Å². The Bertz CT molecular complexity index is 125. The summed E-state index contributed by atoms with van der Waals surface area (Å²) < 4.78 is 0. The van der Waals surface area contributed by atoms with E-state index in [0.29, 0.717) is 12.3 Å². The summed E-state index contributed by atoms with van der Waals surface area (Å²) in [4.78, 5) is 0. The molecule has 0 saturated heterocycles. The SMILES string of the molecule is CC[C@@H](NCCN)/C(C)=N/O. The molecule has 0 unspecified atom stereocenters. The van der Waals surface area contributed by atoms with Gasteiger partial charge in [0, 0.05) is 19.1 Å². The van der Waals surface area contributed by atoms with Gasteiger partial charge < -0.3 is 16.3 Å². The first-order valence-corrected chi connectivity index (χ1v) is 3.88. The number of hydrogen-bond donors (Lipinski definition) is 3. The van der Waals surface area contributed by atoms with E-state index in [2.05, 4.69) is 10.5 Å². The molecule has 0 radical (unpaired) electrons. The van der Waals surface area contributed by atoms with Crippen molar-refractivity contribution in [1.29, 1.82) is 0 Å². The molecule has 66 valence electrons. The van der Waals surface area contributed by atoms with Crippen LogP contribution in [0, 0.1) is 0 Å². The van der Waals surface area contributed by atoms with Crippen molar-refractivity contribution in [3.63, 3.8) is 0 Å². The van der Waals surface area contributed by atoms with Crippen LogP contribution in [0.2, 0.25) is 0 Å². The maximum atomic E-state index is 8.45. The summed E-state index contributed by atoms with van der Waals surface area (Å²) in [6.07, 6.45) is 0.913. The van der Waals surface area contributed by atoms with E-state index in [1.165, 1.54) is 0 Å². The number of nitrogens with one attached hydrogen (secondary N) is 1. The zero-order valence-electron chi connectivity index (χ0n) is 7.17. The van der Waals surface area contributed by atoms with Crippen LogP contribution in [0.1, 0.15) is 20.3 Å². The summed E-state index contributed by atoms with van der Waals surface area (Å²) in [6.45, 7) is 5.18. The van der Waals surface area contributed by atoms with Gasteiger partial charge >= 0.3 is 0 Å². The Balaban J connectivity index is 3.75. The van der Waals surface area contributed by atoms with Gasteiger partial charge in [0.15, 0.2) is 0 Å². The van der Waals surface area contributed by atoms with Gasteiger partial charge in [-0.15, -0.1) is 0 Å². The highest BCUT2D eigenvalue weighted by Crippen LogP contribution is 1.93. The fraction of sp³-hybridized carbons (Fsp3) is 0.857. The lowest BCUT2D eigenvalue weighted by atomic mass is 10.1. The average Bonchev–Trinajstić information content (AvgIpc) is 2.05. The maximum Gasteiger partial charge on any atom is 0.0708 e. The molecule has 0 fully saturated rings. The predicted octanol–water partition coefficient (Wildman–Crippen LogP) is 0.163. The second-order valence-electron chi connectivity index (χ2n) is 2.45. The lowest BCUT2D eigenvalue weighted by Gasteiger charge is -2.14. The third kappa shape index (κ3) is 3.95. The molecule has 1 atom stereocenters. The molecule has 4 N–H and O–H groups in total. The molecular formula is C7H17N3O. The highest BCUT2D eigenvalue weighted by atomic mass is 16.4. The van der Waals surface area contributed by atoms with Crippen LogP contribution >= 0.6 is 0 Å². The lowest BCUT2D eigenvalue weighted by Crippen LogP contribution is -2.37. The first-order valence-electron chi connectivity index (χ1n) is 3.88. The predicted molar refractivity (Wildman–Crippen MR) is 46.0 cm³/mol. The van der Waals surface area contributed by atoms with Crippen molar-refractivity contribution in [2.24, 2.45) is 10.9 Å². The van der Waals surface area contributed by atoms with Gasteiger partial charge in [-0.2, -0.15) is 0 Å². The van der Waals surface area contributed by atoms with E-state index in [4.69, 9.17) is 10.9 Å². The van der Waals surface area contributed by atoms with Crippen molar-refractivity contribution in [3.05, 3.63) is 0 Å². The van der Waals surface area contributed by atoms with Crippen LogP contribution in [0.4, 0.5) is 0 Å². The van der Waals surface area contributed by atoms with Crippen LogP contribution in [-0.2, 0) is 0 Å². The van der Waals surface area contributed by atoms with Gasteiger partial charge in [0.05, 0.1) is 5.71 Å². The molecule has 0 aromatic rings. The molecule has 0 aliphatic rings. The molecular weight excluding hydrogens is 142 g/mol. The van der Waals surface area contributed by atoms with E-state index in [9.17, 15) is 0 Å². The molecule has 0 aromatic heterocycles. The number of rotatable bonds is 5. The van der Waals surface area contributed by atoms with E-state index in [1.807, 2.05) is 6.92 Å². The number of oxime groups is 1. The second kappa shape index (κ2) is 6.12. The Kier molecular flexibility index (Phi) is 5.78. The Labute approximate surface area is 67.5 Å². The zero-order chi connectivity index (χ0) is 8.69. The fourth-order valence-electron chi connectivity index (χ4n) is 0.915. The second-order valence-corrected chi connectivity index (χ2v) is 2.45. The molecule has 0 aliphatic heterocycles. The summed E-state index contributed by atoms with van der Waals surface area (Å²) in [5, 5.41) is 14.7. The number of nitrogens with zero attached hydrogens (tertiary/aromatic N) is 1. The van der Waals surface area contributed by atoms with Gasteiger partial charge in [0.2, 0.25) is 0 Å². The van der Waals surface area contributed by atoms with Gasteiger partial charge in [-0.25, -0.2) is 0 Å². The minimum atomic E-state index is 0.156. The summed E-state index contributed by atoms with van der Waals surface area (Å²) >= 11 is 0. The highest BCUT2D eigenvalue weighted by Gasteiger charge is 2.07. The molecule has 0 bridgehead atoms. The third-order valence-corrected chi connectivity index (χ3v) is 1.61. The van der Waals surface area contributed by atoms with Crippen molar-refractivity contribution in [3.8, 4) is 0 Å². The van der Waals surface area contributed by atoms with Crippen molar-refractivity contribution >= 4 is 5.71 Å². The molecule has 0 rings (SSSR count). The van der Waals surface area contributed by atoms with Crippen molar-refractivity contribution < 1.29 is 5.21 Å². The first kappa shape index (κ1) is 10.4. The van der Waals surface area contributed by atoms with Crippen molar-refractivity contribution in [2.75, 3.05) is 13.1 Å². The largest absolute Gasteiger partial charge is 0.411 e. The van der Waals surface area contributed by atoms with Gasteiger partial charge in [-0.3, -0.25) is 0 Å². The molecule has 4 heteroatoms. The van der Waals surface area contributed by atoms with Crippen LogP contribution < -0.4 is 11.1 Å². The molecule has 0 amide bonds. The van der Waals surface area contributed by atoms with Crippen LogP contribution in [0.25, 0.3) is 0 Å². The summed E-state index contributed by atoms with van der Waals surface area (Å²) in [5.41, 5.74) is 6.02. The number of hydrogen-bond acceptors (Lipinski definition) is 4. The van der Waals surface area contributed by atoms with Crippen LogP contribution in [-0.4, -0.2) is 30.1 Å². The Morgan fingerprint density at radius 2 is 2.36 bits per heavy atom. The van der Waals surface area contributed by atoms with E-state index in [1.54, 1.807) is 6.92 Å². The van der Waals surface area contributed by atoms with Crippen LogP contribution in [0.5, 0.6) is 0 Å². The topological polar surface area (TPSA) is 70.6 Å². The Morgan fingerprint density at radius 1 is 1.73 bits per heavy atom. The zero-order valence-corrected chi connectivity index (χ0v) is 7.17. The molecule has 4 nitrogen and oxygen atoms in total.